The van der Waals surface area contributed by atoms with Crippen molar-refractivity contribution in [2.45, 2.75) is 6.92 Å². The first kappa shape index (κ1) is 9.05. The Bertz CT molecular complexity index is 30.6. The number of hydrogen-bond acceptors (Lipinski definition) is 1. The van der Waals surface area contributed by atoms with Crippen molar-refractivity contribution in [2.24, 2.45) is 0 Å². The van der Waals surface area contributed by atoms with Crippen molar-refractivity contribution in [2.75, 3.05) is 0 Å². The molecule has 0 saturated carbocycles. The fraction of sp³-hybridized carbons (Fsp3) is 0.500. The number of carbonyl (C=O) groups is 1. The van der Waals surface area contributed by atoms with E-state index in [0.29, 0.717) is 0 Å². The second-order valence-electron chi connectivity index (χ2n) is 0.519. The third kappa shape index (κ3) is 155. The van der Waals surface area contributed by atoms with Crippen LogP contribution in [0.5, 0.6) is 0 Å². The van der Waals surface area contributed by atoms with E-state index in [9.17, 15) is 0 Å². The Kier molecular flexibility index (Phi) is 7.97. The summed E-state index contributed by atoms with van der Waals surface area (Å²) in [6.07, 6.45) is 0. The molecule has 0 aliphatic heterocycles. The van der Waals surface area contributed by atoms with Gasteiger partial charge in [0, 0.05) is 34.6 Å². The number of carboxylic acids is 1. The van der Waals surface area contributed by atoms with Gasteiger partial charge in [-0.15, -0.1) is 0 Å². The molecule has 0 amide bonds. The predicted molar refractivity (Wildman–Crippen MR) is 13.3 cm³/mol. The minimum absolute atomic E-state index is 0. The Morgan fingerprint density at radius 1 is 1.80 bits per heavy atom. The van der Waals surface area contributed by atoms with Crippen molar-refractivity contribution in [3.05, 3.63) is 0 Å². The summed E-state index contributed by atoms with van der Waals surface area (Å²) in [5, 5.41) is 7.42. The van der Waals surface area contributed by atoms with Gasteiger partial charge < -0.3 is 5.11 Å². The van der Waals surface area contributed by atoms with Gasteiger partial charge in [-0.3, -0.25) is 4.79 Å². The minimum atomic E-state index is -0.833. The molecule has 0 spiro atoms. The standard InChI is InChI=1S/C2H4O2.Hg/c1-2(3)4;/h1H3,(H,3,4);. The van der Waals surface area contributed by atoms with E-state index in [1.165, 1.54) is 0 Å². The number of hydrogen-bond donors (Lipinski definition) is 1. The fourth-order valence-corrected chi connectivity index (χ4v) is 0. The van der Waals surface area contributed by atoms with Crippen LogP contribution >= 0.6 is 0 Å². The molecular weight excluding hydrogens is 257 g/mol. The summed E-state index contributed by atoms with van der Waals surface area (Å²) in [7, 11) is 0. The van der Waals surface area contributed by atoms with E-state index in [4.69, 9.17) is 9.90 Å². The van der Waals surface area contributed by atoms with E-state index in [1.54, 1.807) is 0 Å². The molecule has 0 radical (unpaired) electrons. The van der Waals surface area contributed by atoms with Crippen LogP contribution < -0.4 is 0 Å². The molecule has 5 heavy (non-hydrogen) atoms. The molecule has 26 valence electrons. The maximum absolute atomic E-state index is 9.00. The molecule has 0 unspecified atom stereocenters. The van der Waals surface area contributed by atoms with Gasteiger partial charge in [-0.1, -0.05) is 0 Å². The quantitative estimate of drug-likeness (QED) is 0.627. The summed E-state index contributed by atoms with van der Waals surface area (Å²) in [4.78, 5) is 9.00. The van der Waals surface area contributed by atoms with E-state index < -0.39 is 5.97 Å². The van der Waals surface area contributed by atoms with E-state index in [1.807, 2.05) is 0 Å². The van der Waals surface area contributed by atoms with Gasteiger partial charge in [0.1, 0.15) is 0 Å². The molecule has 0 aliphatic carbocycles. The van der Waals surface area contributed by atoms with Crippen molar-refractivity contribution in [3.8, 4) is 0 Å². The zero-order valence-electron chi connectivity index (χ0n) is 3.06. The normalized spacial score (nSPS) is 5.00. The summed E-state index contributed by atoms with van der Waals surface area (Å²) in [6, 6.07) is 0. The average molecular weight is 261 g/mol. The van der Waals surface area contributed by atoms with Gasteiger partial charge in [0.05, 0.1) is 0 Å². The zero-order chi connectivity index (χ0) is 3.58. The smallest absolute Gasteiger partial charge is 0.300 e. The zero-order valence-corrected chi connectivity index (χ0v) is 8.56. The second kappa shape index (κ2) is 4.41. The van der Waals surface area contributed by atoms with Crippen LogP contribution in [0.25, 0.3) is 0 Å². The predicted octanol–water partition coefficient (Wildman–Crippen LogP) is 0.0884. The van der Waals surface area contributed by atoms with Gasteiger partial charge in [-0.25, -0.2) is 0 Å². The Balaban J connectivity index is 0. The van der Waals surface area contributed by atoms with Crippen molar-refractivity contribution in [1.82, 2.24) is 0 Å². The first-order chi connectivity index (χ1) is 1.73. The number of rotatable bonds is 0. The molecule has 2 nitrogen and oxygen atoms in total. The molecule has 3 heteroatoms. The Morgan fingerprint density at radius 2 is 1.80 bits per heavy atom. The molecule has 0 aromatic heterocycles. The molecule has 0 aliphatic rings. The van der Waals surface area contributed by atoms with E-state index in [0.717, 1.165) is 6.92 Å². The largest absolute Gasteiger partial charge is 0.481 e. The average Bonchev–Trinajstić information content (AvgIpc) is 0.811. The van der Waals surface area contributed by atoms with Crippen LogP contribution in [-0.4, -0.2) is 11.1 Å². The van der Waals surface area contributed by atoms with Crippen LogP contribution in [0.15, 0.2) is 0 Å². The Morgan fingerprint density at radius 3 is 1.80 bits per heavy atom. The van der Waals surface area contributed by atoms with Crippen molar-refractivity contribution < 1.29 is 37.6 Å². The Hall–Kier alpha value is 0.405. The first-order valence-electron chi connectivity index (χ1n) is 0.928. The van der Waals surface area contributed by atoms with Crippen molar-refractivity contribution in [3.63, 3.8) is 0 Å². The van der Waals surface area contributed by atoms with Crippen LogP contribution in [0, 0.1) is 0 Å². The third-order valence-electron chi connectivity index (χ3n) is 0. The molecule has 0 saturated heterocycles. The number of aliphatic carboxylic acids is 1. The SMILES string of the molecule is CC(=O)O.[Hg]. The van der Waals surface area contributed by atoms with Crippen molar-refractivity contribution >= 4 is 5.97 Å². The van der Waals surface area contributed by atoms with E-state index >= 15 is 0 Å². The van der Waals surface area contributed by atoms with E-state index in [2.05, 4.69) is 0 Å². The first-order valence-corrected chi connectivity index (χ1v) is 0.928. The maximum Gasteiger partial charge on any atom is 0.300 e. The summed E-state index contributed by atoms with van der Waals surface area (Å²) < 4.78 is 0. The molecule has 0 fully saturated rings. The molecular formula is C2H4HgO2. The molecule has 1 N–H and O–H groups in total. The monoisotopic (exact) mass is 262 g/mol. The molecule has 0 rings (SSSR count). The molecule has 0 heterocycles. The fourth-order valence-electron chi connectivity index (χ4n) is 0. The van der Waals surface area contributed by atoms with Gasteiger partial charge in [0.2, 0.25) is 0 Å². The van der Waals surface area contributed by atoms with Crippen LogP contribution in [0.2, 0.25) is 0 Å². The molecule has 0 aromatic carbocycles. The van der Waals surface area contributed by atoms with Crippen LogP contribution in [0.3, 0.4) is 0 Å². The molecule has 0 atom stereocenters. The van der Waals surface area contributed by atoms with Crippen molar-refractivity contribution in [1.29, 1.82) is 0 Å². The Labute approximate surface area is 50.7 Å². The van der Waals surface area contributed by atoms with Gasteiger partial charge in [-0.2, -0.15) is 0 Å². The van der Waals surface area contributed by atoms with Crippen LogP contribution in [0.4, 0.5) is 0 Å². The van der Waals surface area contributed by atoms with E-state index in [-0.39, 0.29) is 27.7 Å². The minimum Gasteiger partial charge on any atom is -0.481 e. The summed E-state index contributed by atoms with van der Waals surface area (Å²) >= 11 is 0. The third-order valence-corrected chi connectivity index (χ3v) is 0. The maximum atomic E-state index is 9.00. The number of carboxylic acid groups (broad SMARTS) is 1. The molecule has 0 aromatic rings. The van der Waals surface area contributed by atoms with Gasteiger partial charge in [0.25, 0.3) is 5.97 Å². The topological polar surface area (TPSA) is 37.3 Å². The summed E-state index contributed by atoms with van der Waals surface area (Å²) in [6.45, 7) is 1.08. The van der Waals surface area contributed by atoms with Gasteiger partial charge >= 0.3 is 0 Å². The van der Waals surface area contributed by atoms with Crippen LogP contribution in [-0.2, 0) is 32.5 Å². The van der Waals surface area contributed by atoms with Gasteiger partial charge in [-0.05, 0) is 0 Å². The summed E-state index contributed by atoms with van der Waals surface area (Å²) in [5.41, 5.74) is 0. The summed E-state index contributed by atoms with van der Waals surface area (Å²) in [5.74, 6) is -0.833. The van der Waals surface area contributed by atoms with Gasteiger partial charge in [0.15, 0.2) is 0 Å². The molecule has 0 bridgehead atoms. The van der Waals surface area contributed by atoms with Crippen LogP contribution in [0.1, 0.15) is 6.92 Å². The second-order valence-corrected chi connectivity index (χ2v) is 0.519.